The zero-order valence-electron chi connectivity index (χ0n) is 11.4. The Labute approximate surface area is 123 Å². The zero-order valence-corrected chi connectivity index (χ0v) is 12.3. The Morgan fingerprint density at radius 2 is 2.14 bits per heavy atom. The van der Waals surface area contributed by atoms with Crippen LogP contribution in [0, 0.1) is 11.3 Å². The average Bonchev–Trinajstić information content (AvgIpc) is 2.43. The molecule has 8 heteroatoms. The summed E-state index contributed by atoms with van der Waals surface area (Å²) in [5.41, 5.74) is 0.565. The van der Waals surface area contributed by atoms with Crippen LogP contribution >= 0.6 is 0 Å². The molecule has 7 nitrogen and oxygen atoms in total. The van der Waals surface area contributed by atoms with Gasteiger partial charge in [0.1, 0.15) is 6.04 Å². The number of nitriles is 1. The first kappa shape index (κ1) is 17.1. The molecular formula is C13H16N2O5S. The lowest BCUT2D eigenvalue weighted by molar-refractivity contribution is -0.139. The minimum Gasteiger partial charge on any atom is -0.480 e. The van der Waals surface area contributed by atoms with Crippen molar-refractivity contribution in [3.8, 4) is 6.07 Å². The summed E-state index contributed by atoms with van der Waals surface area (Å²) in [5.74, 6) is -1.72. The van der Waals surface area contributed by atoms with Crippen LogP contribution in [0.1, 0.15) is 17.5 Å². The summed E-state index contributed by atoms with van der Waals surface area (Å²) in [6.07, 6.45) is 0.0188. The van der Waals surface area contributed by atoms with Crippen LogP contribution in [0.3, 0.4) is 0 Å². The number of nitrogens with zero attached hydrogens (tertiary/aromatic N) is 1. The number of carbonyl (C=O) groups is 1. The van der Waals surface area contributed by atoms with Gasteiger partial charge in [0.15, 0.2) is 0 Å². The number of carboxylic acids is 1. The molecule has 0 amide bonds. The number of sulfonamides is 1. The van der Waals surface area contributed by atoms with E-state index in [0.29, 0.717) is 5.56 Å². The molecule has 0 aliphatic rings. The topological polar surface area (TPSA) is 116 Å². The predicted molar refractivity (Wildman–Crippen MR) is 74.8 cm³/mol. The van der Waals surface area contributed by atoms with Crippen molar-refractivity contribution in [2.24, 2.45) is 0 Å². The van der Waals surface area contributed by atoms with Crippen molar-refractivity contribution in [1.82, 2.24) is 4.72 Å². The van der Waals surface area contributed by atoms with E-state index in [-0.39, 0.29) is 18.6 Å². The highest BCUT2D eigenvalue weighted by atomic mass is 32.2. The highest BCUT2D eigenvalue weighted by Gasteiger charge is 2.24. The van der Waals surface area contributed by atoms with E-state index in [9.17, 15) is 13.2 Å². The van der Waals surface area contributed by atoms with E-state index in [1.807, 2.05) is 6.07 Å². The zero-order chi connectivity index (χ0) is 15.9. The molecule has 0 bridgehead atoms. The Morgan fingerprint density at radius 3 is 2.71 bits per heavy atom. The fraction of sp³-hybridized carbons (Fsp3) is 0.385. The lowest BCUT2D eigenvalue weighted by Crippen LogP contribution is -2.42. The van der Waals surface area contributed by atoms with E-state index < -0.39 is 27.8 Å². The van der Waals surface area contributed by atoms with E-state index >= 15 is 0 Å². The molecule has 21 heavy (non-hydrogen) atoms. The van der Waals surface area contributed by atoms with Crippen LogP contribution in [-0.4, -0.2) is 39.3 Å². The average molecular weight is 312 g/mol. The Hall–Kier alpha value is -1.95. The second-order valence-electron chi connectivity index (χ2n) is 4.32. The predicted octanol–water partition coefficient (Wildman–Crippen LogP) is 0.467. The first-order valence-corrected chi connectivity index (χ1v) is 7.74. The standard InChI is InChI=1S/C13H16N2O5S/c1-20-7-6-12(13(16)17)15-21(18,19)9-11-5-3-2-4-10(11)8-14/h2-5,12,15H,6-7,9H2,1H3,(H,16,17). The summed E-state index contributed by atoms with van der Waals surface area (Å²) in [6.45, 7) is 0.119. The Kier molecular flexibility index (Phi) is 6.30. The molecule has 0 aliphatic carbocycles. The Bertz CT molecular complexity index is 636. The second kappa shape index (κ2) is 7.73. The highest BCUT2D eigenvalue weighted by molar-refractivity contribution is 7.88. The Morgan fingerprint density at radius 1 is 1.48 bits per heavy atom. The van der Waals surface area contributed by atoms with Crippen molar-refractivity contribution in [2.45, 2.75) is 18.2 Å². The molecule has 1 unspecified atom stereocenters. The molecule has 1 aromatic carbocycles. The molecule has 0 heterocycles. The van der Waals surface area contributed by atoms with Gasteiger partial charge in [0.05, 0.1) is 17.4 Å². The van der Waals surface area contributed by atoms with Gasteiger partial charge in [-0.05, 0) is 18.1 Å². The van der Waals surface area contributed by atoms with Crippen molar-refractivity contribution < 1.29 is 23.1 Å². The number of nitrogens with one attached hydrogen (secondary N) is 1. The minimum absolute atomic E-state index is 0.0188. The maximum Gasteiger partial charge on any atom is 0.321 e. The molecule has 0 radical (unpaired) electrons. The SMILES string of the molecule is COCCC(NS(=O)(=O)Cc1ccccc1C#N)C(=O)O. The third-order valence-electron chi connectivity index (χ3n) is 2.71. The second-order valence-corrected chi connectivity index (χ2v) is 6.07. The number of methoxy groups -OCH3 is 1. The number of benzene rings is 1. The smallest absolute Gasteiger partial charge is 0.321 e. The van der Waals surface area contributed by atoms with Crippen molar-refractivity contribution in [2.75, 3.05) is 13.7 Å². The molecule has 0 aliphatic heterocycles. The summed E-state index contributed by atoms with van der Waals surface area (Å²) in [5, 5.41) is 17.9. The molecule has 0 aromatic heterocycles. The quantitative estimate of drug-likeness (QED) is 0.720. The lowest BCUT2D eigenvalue weighted by atomic mass is 10.1. The van der Waals surface area contributed by atoms with Crippen LogP contribution < -0.4 is 4.72 Å². The van der Waals surface area contributed by atoms with Crippen molar-refractivity contribution in [3.63, 3.8) is 0 Å². The summed E-state index contributed by atoms with van der Waals surface area (Å²) in [6, 6.07) is 6.90. The third-order valence-corrected chi connectivity index (χ3v) is 4.05. The molecule has 2 N–H and O–H groups in total. The van der Waals surface area contributed by atoms with E-state index in [1.54, 1.807) is 12.1 Å². The van der Waals surface area contributed by atoms with Gasteiger partial charge in [-0.15, -0.1) is 0 Å². The molecule has 1 rings (SSSR count). The van der Waals surface area contributed by atoms with E-state index in [1.165, 1.54) is 19.2 Å². The maximum atomic E-state index is 12.0. The minimum atomic E-state index is -3.88. The van der Waals surface area contributed by atoms with Crippen molar-refractivity contribution >= 4 is 16.0 Å². The number of hydrogen-bond acceptors (Lipinski definition) is 5. The van der Waals surface area contributed by atoms with Crippen LogP contribution in [0.25, 0.3) is 0 Å². The summed E-state index contributed by atoms with van der Waals surface area (Å²) >= 11 is 0. The van der Waals surface area contributed by atoms with Gasteiger partial charge in [0.2, 0.25) is 10.0 Å². The van der Waals surface area contributed by atoms with Crippen LogP contribution in [0.15, 0.2) is 24.3 Å². The number of carboxylic acid groups (broad SMARTS) is 1. The first-order chi connectivity index (χ1) is 9.89. The largest absolute Gasteiger partial charge is 0.480 e. The van der Waals surface area contributed by atoms with Crippen LogP contribution in [-0.2, 0) is 25.3 Å². The lowest BCUT2D eigenvalue weighted by Gasteiger charge is -2.14. The third kappa shape index (κ3) is 5.51. The van der Waals surface area contributed by atoms with E-state index in [0.717, 1.165) is 0 Å². The van der Waals surface area contributed by atoms with Gasteiger partial charge in [0.25, 0.3) is 0 Å². The number of rotatable bonds is 8. The molecule has 1 aromatic rings. The fourth-order valence-electron chi connectivity index (χ4n) is 1.69. The van der Waals surface area contributed by atoms with Crippen LogP contribution in [0.2, 0.25) is 0 Å². The van der Waals surface area contributed by atoms with E-state index in [2.05, 4.69) is 4.72 Å². The van der Waals surface area contributed by atoms with E-state index in [4.69, 9.17) is 15.1 Å². The molecular weight excluding hydrogens is 296 g/mol. The molecule has 0 saturated carbocycles. The fourth-order valence-corrected chi connectivity index (χ4v) is 3.08. The summed E-state index contributed by atoms with van der Waals surface area (Å²) < 4.78 is 30.9. The van der Waals surface area contributed by atoms with Gasteiger partial charge in [-0.2, -0.15) is 5.26 Å². The first-order valence-electron chi connectivity index (χ1n) is 6.09. The molecule has 1 atom stereocenters. The molecule has 0 saturated heterocycles. The van der Waals surface area contributed by atoms with Crippen LogP contribution in [0.4, 0.5) is 0 Å². The van der Waals surface area contributed by atoms with Gasteiger partial charge >= 0.3 is 5.97 Å². The molecule has 0 fully saturated rings. The monoisotopic (exact) mass is 312 g/mol. The van der Waals surface area contributed by atoms with Gasteiger partial charge in [0, 0.05) is 13.7 Å². The highest BCUT2D eigenvalue weighted by Crippen LogP contribution is 2.11. The number of aliphatic carboxylic acids is 1. The van der Waals surface area contributed by atoms with Gasteiger partial charge in [-0.1, -0.05) is 18.2 Å². The van der Waals surface area contributed by atoms with Gasteiger partial charge < -0.3 is 9.84 Å². The molecule has 114 valence electrons. The maximum absolute atomic E-state index is 12.0. The number of hydrogen-bond donors (Lipinski definition) is 2. The normalized spacial score (nSPS) is 12.6. The number of ether oxygens (including phenoxy) is 1. The van der Waals surface area contributed by atoms with Gasteiger partial charge in [-0.3, -0.25) is 4.79 Å². The molecule has 0 spiro atoms. The summed E-state index contributed by atoms with van der Waals surface area (Å²) in [4.78, 5) is 11.0. The van der Waals surface area contributed by atoms with Crippen LogP contribution in [0.5, 0.6) is 0 Å². The summed E-state index contributed by atoms with van der Waals surface area (Å²) in [7, 11) is -2.48. The van der Waals surface area contributed by atoms with Crippen molar-refractivity contribution in [1.29, 1.82) is 5.26 Å². The Balaban J connectivity index is 2.86. The van der Waals surface area contributed by atoms with Gasteiger partial charge in [-0.25, -0.2) is 13.1 Å². The van der Waals surface area contributed by atoms with Crippen molar-refractivity contribution in [3.05, 3.63) is 35.4 Å².